The topological polar surface area (TPSA) is 22.0 Å². The van der Waals surface area contributed by atoms with Gasteiger partial charge in [0.25, 0.3) is 0 Å². The molecule has 0 aliphatic carbocycles. The standard InChI is InChI=1S/C10H7ClFNO/c1-13-4-6(5-14)7-2-9(12)8(11)3-10(7)13/h2-5H,1H3. The van der Waals surface area contributed by atoms with Crippen LogP contribution in [0.15, 0.2) is 18.3 Å². The number of fused-ring (bicyclic) bond motifs is 1. The lowest BCUT2D eigenvalue weighted by molar-refractivity contribution is 0.112. The third-order valence-corrected chi connectivity index (χ3v) is 2.48. The summed E-state index contributed by atoms with van der Waals surface area (Å²) in [5.41, 5.74) is 1.22. The SMILES string of the molecule is Cn1cc(C=O)c2cc(F)c(Cl)cc21. The molecule has 0 radical (unpaired) electrons. The molecular formula is C10H7ClFNO. The molecule has 0 amide bonds. The monoisotopic (exact) mass is 211 g/mol. The van der Waals surface area contributed by atoms with Crippen molar-refractivity contribution in [1.29, 1.82) is 0 Å². The van der Waals surface area contributed by atoms with Gasteiger partial charge in [-0.1, -0.05) is 11.6 Å². The lowest BCUT2D eigenvalue weighted by atomic mass is 10.2. The van der Waals surface area contributed by atoms with Crippen LogP contribution in [0.3, 0.4) is 0 Å². The molecule has 0 aliphatic rings. The van der Waals surface area contributed by atoms with Gasteiger partial charge in [0.05, 0.1) is 10.5 Å². The molecule has 4 heteroatoms. The quantitative estimate of drug-likeness (QED) is 0.665. The van der Waals surface area contributed by atoms with Crippen LogP contribution < -0.4 is 0 Å². The van der Waals surface area contributed by atoms with E-state index in [1.165, 1.54) is 12.1 Å². The minimum atomic E-state index is -0.506. The van der Waals surface area contributed by atoms with Gasteiger partial charge in [-0.25, -0.2) is 4.39 Å². The number of hydrogen-bond donors (Lipinski definition) is 0. The van der Waals surface area contributed by atoms with Crippen molar-refractivity contribution < 1.29 is 9.18 Å². The van der Waals surface area contributed by atoms with Crippen molar-refractivity contribution in [2.75, 3.05) is 0 Å². The Morgan fingerprint density at radius 1 is 1.50 bits per heavy atom. The molecule has 0 saturated carbocycles. The van der Waals surface area contributed by atoms with E-state index in [1.807, 2.05) is 0 Å². The summed E-state index contributed by atoms with van der Waals surface area (Å²) in [6, 6.07) is 2.79. The molecule has 14 heavy (non-hydrogen) atoms. The molecule has 0 spiro atoms. The second-order valence-corrected chi connectivity index (χ2v) is 3.50. The highest BCUT2D eigenvalue weighted by molar-refractivity contribution is 6.31. The predicted molar refractivity (Wildman–Crippen MR) is 53.3 cm³/mol. The average molecular weight is 212 g/mol. The molecule has 0 aliphatic heterocycles. The molecule has 1 aromatic carbocycles. The first-order valence-electron chi connectivity index (χ1n) is 4.02. The van der Waals surface area contributed by atoms with Gasteiger partial charge in [-0.3, -0.25) is 4.79 Å². The molecule has 1 heterocycles. The molecule has 1 aromatic heterocycles. The van der Waals surface area contributed by atoms with E-state index in [0.717, 1.165) is 5.52 Å². The zero-order valence-corrected chi connectivity index (χ0v) is 8.18. The normalized spacial score (nSPS) is 10.8. The second kappa shape index (κ2) is 3.10. The molecule has 2 rings (SSSR count). The summed E-state index contributed by atoms with van der Waals surface area (Å²) in [5, 5.41) is 0.653. The van der Waals surface area contributed by atoms with Gasteiger partial charge in [0.2, 0.25) is 0 Å². The van der Waals surface area contributed by atoms with Crippen molar-refractivity contribution in [2.24, 2.45) is 7.05 Å². The third-order valence-electron chi connectivity index (χ3n) is 2.19. The zero-order chi connectivity index (χ0) is 10.3. The van der Waals surface area contributed by atoms with Crippen molar-refractivity contribution >= 4 is 28.8 Å². The molecule has 72 valence electrons. The fourth-order valence-electron chi connectivity index (χ4n) is 1.50. The highest BCUT2D eigenvalue weighted by atomic mass is 35.5. The van der Waals surface area contributed by atoms with E-state index < -0.39 is 5.82 Å². The van der Waals surface area contributed by atoms with Crippen molar-refractivity contribution in [2.45, 2.75) is 0 Å². The first-order chi connectivity index (χ1) is 6.63. The van der Waals surface area contributed by atoms with Gasteiger partial charge in [-0.05, 0) is 12.1 Å². The van der Waals surface area contributed by atoms with Gasteiger partial charge in [0, 0.05) is 24.2 Å². The molecule has 2 nitrogen and oxygen atoms in total. The maximum atomic E-state index is 13.1. The van der Waals surface area contributed by atoms with Crippen LogP contribution in [-0.2, 0) is 7.05 Å². The summed E-state index contributed by atoms with van der Waals surface area (Å²) in [5.74, 6) is -0.506. The van der Waals surface area contributed by atoms with E-state index in [-0.39, 0.29) is 5.02 Å². The smallest absolute Gasteiger partial charge is 0.152 e. The fourth-order valence-corrected chi connectivity index (χ4v) is 1.66. The summed E-state index contributed by atoms with van der Waals surface area (Å²) in [4.78, 5) is 10.7. The summed E-state index contributed by atoms with van der Waals surface area (Å²) in [6.07, 6.45) is 2.35. The number of aldehydes is 1. The van der Waals surface area contributed by atoms with Gasteiger partial charge < -0.3 is 4.57 Å². The second-order valence-electron chi connectivity index (χ2n) is 3.10. The number of halogens is 2. The number of hydrogen-bond acceptors (Lipinski definition) is 1. The molecule has 0 saturated heterocycles. The predicted octanol–water partition coefficient (Wildman–Crippen LogP) is 2.78. The number of aryl methyl sites for hydroxylation is 1. The minimum absolute atomic E-state index is 0.0659. The van der Waals surface area contributed by atoms with E-state index in [4.69, 9.17) is 11.6 Å². The highest BCUT2D eigenvalue weighted by Gasteiger charge is 2.09. The van der Waals surface area contributed by atoms with Crippen LogP contribution >= 0.6 is 11.6 Å². The van der Waals surface area contributed by atoms with Crippen LogP contribution in [0.1, 0.15) is 10.4 Å². The first kappa shape index (κ1) is 9.21. The first-order valence-corrected chi connectivity index (χ1v) is 4.40. The fraction of sp³-hybridized carbons (Fsp3) is 0.100. The Morgan fingerprint density at radius 3 is 2.86 bits per heavy atom. The Bertz CT molecular complexity index is 518. The van der Waals surface area contributed by atoms with E-state index in [0.29, 0.717) is 17.2 Å². The van der Waals surface area contributed by atoms with Crippen molar-refractivity contribution in [3.63, 3.8) is 0 Å². The highest BCUT2D eigenvalue weighted by Crippen LogP contribution is 2.25. The van der Waals surface area contributed by atoms with Crippen LogP contribution in [0.2, 0.25) is 5.02 Å². The summed E-state index contributed by atoms with van der Waals surface area (Å²) < 4.78 is 14.9. The van der Waals surface area contributed by atoms with Crippen molar-refractivity contribution in [3.8, 4) is 0 Å². The maximum absolute atomic E-state index is 13.1. The number of nitrogens with zero attached hydrogens (tertiary/aromatic N) is 1. The van der Waals surface area contributed by atoms with E-state index in [9.17, 15) is 9.18 Å². The van der Waals surface area contributed by atoms with Gasteiger partial charge in [-0.2, -0.15) is 0 Å². The lowest BCUT2D eigenvalue weighted by Gasteiger charge is -1.97. The maximum Gasteiger partial charge on any atom is 0.152 e. The van der Waals surface area contributed by atoms with Gasteiger partial charge in [0.15, 0.2) is 6.29 Å². The van der Waals surface area contributed by atoms with E-state index >= 15 is 0 Å². The summed E-state index contributed by atoms with van der Waals surface area (Å²) >= 11 is 5.64. The number of aromatic nitrogens is 1. The Kier molecular flexibility index (Phi) is 2.04. The molecule has 0 N–H and O–H groups in total. The Hall–Kier alpha value is -1.35. The van der Waals surface area contributed by atoms with Crippen LogP contribution in [0.4, 0.5) is 4.39 Å². The Balaban J connectivity index is 2.90. The largest absolute Gasteiger partial charge is 0.350 e. The average Bonchev–Trinajstić information content (AvgIpc) is 2.45. The third kappa shape index (κ3) is 1.21. The number of rotatable bonds is 1. The number of benzene rings is 1. The van der Waals surface area contributed by atoms with Gasteiger partial charge in [-0.15, -0.1) is 0 Å². The minimum Gasteiger partial charge on any atom is -0.350 e. The molecule has 0 bridgehead atoms. The number of carbonyl (C=O) groups excluding carboxylic acids is 1. The van der Waals surface area contributed by atoms with Crippen LogP contribution in [0.5, 0.6) is 0 Å². The van der Waals surface area contributed by atoms with Crippen LogP contribution in [0.25, 0.3) is 10.9 Å². The summed E-state index contributed by atoms with van der Waals surface area (Å²) in [7, 11) is 1.78. The van der Waals surface area contributed by atoms with Gasteiger partial charge >= 0.3 is 0 Å². The Morgan fingerprint density at radius 2 is 2.21 bits per heavy atom. The molecular weight excluding hydrogens is 205 g/mol. The van der Waals surface area contributed by atoms with Crippen LogP contribution in [-0.4, -0.2) is 10.9 Å². The molecule has 0 unspecified atom stereocenters. The molecule has 0 atom stereocenters. The zero-order valence-electron chi connectivity index (χ0n) is 7.42. The number of carbonyl (C=O) groups is 1. The lowest BCUT2D eigenvalue weighted by Crippen LogP contribution is -1.84. The van der Waals surface area contributed by atoms with Crippen LogP contribution in [0, 0.1) is 5.82 Å². The van der Waals surface area contributed by atoms with Gasteiger partial charge in [0.1, 0.15) is 5.82 Å². The Labute approximate surface area is 84.9 Å². The summed E-state index contributed by atoms with van der Waals surface area (Å²) in [6.45, 7) is 0. The molecule has 2 aromatic rings. The van der Waals surface area contributed by atoms with Crippen molar-refractivity contribution in [1.82, 2.24) is 4.57 Å². The van der Waals surface area contributed by atoms with Crippen molar-refractivity contribution in [3.05, 3.63) is 34.7 Å². The molecule has 0 fully saturated rings. The van der Waals surface area contributed by atoms with E-state index in [2.05, 4.69) is 0 Å². The van der Waals surface area contributed by atoms with E-state index in [1.54, 1.807) is 17.8 Å².